The summed E-state index contributed by atoms with van der Waals surface area (Å²) >= 11 is 0. The van der Waals surface area contributed by atoms with E-state index in [0.29, 0.717) is 31.1 Å². The van der Waals surface area contributed by atoms with Crippen molar-refractivity contribution in [1.82, 2.24) is 15.1 Å². The number of anilines is 1. The number of ether oxygens (including phenoxy) is 3. The Hall–Kier alpha value is -3.52. The molecule has 4 rings (SSSR count). The summed E-state index contributed by atoms with van der Waals surface area (Å²) in [5.74, 6) is 1.78. The van der Waals surface area contributed by atoms with Gasteiger partial charge in [0.15, 0.2) is 0 Å². The smallest absolute Gasteiger partial charge is 0.231 e. The molecule has 0 spiro atoms. The van der Waals surface area contributed by atoms with Crippen molar-refractivity contribution in [3.05, 3.63) is 54.4 Å². The second-order valence-corrected chi connectivity index (χ2v) is 8.25. The van der Waals surface area contributed by atoms with Crippen molar-refractivity contribution in [3.8, 4) is 28.4 Å². The predicted molar refractivity (Wildman–Crippen MR) is 132 cm³/mol. The zero-order valence-electron chi connectivity index (χ0n) is 20.0. The van der Waals surface area contributed by atoms with Crippen LogP contribution in [-0.2, 0) is 11.2 Å². The highest BCUT2D eigenvalue weighted by Crippen LogP contribution is 2.34. The molecular formula is C26H32N4O4. The molecule has 0 unspecified atom stereocenters. The molecule has 0 bridgehead atoms. The molecular weight excluding hydrogens is 432 g/mol. The molecule has 8 nitrogen and oxygen atoms in total. The molecule has 1 amide bonds. The second-order valence-electron chi connectivity index (χ2n) is 8.25. The third-order valence-corrected chi connectivity index (χ3v) is 6.18. The molecule has 1 aliphatic heterocycles. The maximum absolute atomic E-state index is 13.2. The van der Waals surface area contributed by atoms with Gasteiger partial charge >= 0.3 is 0 Å². The van der Waals surface area contributed by atoms with Crippen LogP contribution in [0.4, 0.5) is 5.69 Å². The van der Waals surface area contributed by atoms with Gasteiger partial charge in [0.1, 0.15) is 30.5 Å². The van der Waals surface area contributed by atoms with Crippen molar-refractivity contribution >= 4 is 11.6 Å². The normalized spacial score (nSPS) is 14.9. The Morgan fingerprint density at radius 2 is 2.06 bits per heavy atom. The Labute approximate surface area is 200 Å². The second kappa shape index (κ2) is 11.1. The van der Waals surface area contributed by atoms with Gasteiger partial charge < -0.3 is 24.4 Å². The molecule has 1 aromatic heterocycles. The first-order valence-corrected chi connectivity index (χ1v) is 11.7. The first-order chi connectivity index (χ1) is 16.6. The predicted octanol–water partition coefficient (Wildman–Crippen LogP) is 4.00. The highest BCUT2D eigenvalue weighted by Gasteiger charge is 2.27. The maximum Gasteiger partial charge on any atom is 0.231 e. The minimum Gasteiger partial charge on any atom is -0.497 e. The van der Waals surface area contributed by atoms with E-state index in [1.54, 1.807) is 13.3 Å². The summed E-state index contributed by atoms with van der Waals surface area (Å²) in [4.78, 5) is 15.5. The van der Waals surface area contributed by atoms with E-state index in [9.17, 15) is 4.79 Å². The molecule has 3 aromatic rings. The molecule has 8 heteroatoms. The van der Waals surface area contributed by atoms with E-state index in [0.717, 1.165) is 47.8 Å². The fourth-order valence-electron chi connectivity index (χ4n) is 4.06. The van der Waals surface area contributed by atoms with Crippen LogP contribution in [0.5, 0.6) is 17.2 Å². The van der Waals surface area contributed by atoms with Crippen LogP contribution in [0.25, 0.3) is 11.1 Å². The van der Waals surface area contributed by atoms with E-state index >= 15 is 0 Å². The minimum absolute atomic E-state index is 0.0990. The molecule has 180 valence electrons. The highest BCUT2D eigenvalue weighted by atomic mass is 16.5. The average molecular weight is 465 g/mol. The molecule has 34 heavy (non-hydrogen) atoms. The molecule has 1 aliphatic rings. The summed E-state index contributed by atoms with van der Waals surface area (Å²) in [7, 11) is 1.63. The van der Waals surface area contributed by atoms with Gasteiger partial charge in [0.2, 0.25) is 5.91 Å². The number of aromatic amines is 1. The van der Waals surface area contributed by atoms with Crippen LogP contribution in [0, 0.1) is 5.92 Å². The third-order valence-electron chi connectivity index (χ3n) is 6.18. The molecule has 0 saturated heterocycles. The third kappa shape index (κ3) is 5.51. The topological polar surface area (TPSA) is 88.7 Å². The average Bonchev–Trinajstić information content (AvgIpc) is 3.42. The zero-order valence-corrected chi connectivity index (χ0v) is 20.0. The van der Waals surface area contributed by atoms with Crippen LogP contribution in [-0.4, -0.2) is 61.0 Å². The number of amides is 1. The lowest BCUT2D eigenvalue weighted by molar-refractivity contribution is -0.121. The Balaban J connectivity index is 1.49. The summed E-state index contributed by atoms with van der Waals surface area (Å²) in [6, 6.07) is 11.5. The summed E-state index contributed by atoms with van der Waals surface area (Å²) < 4.78 is 17.3. The molecule has 0 fully saturated rings. The van der Waals surface area contributed by atoms with Crippen molar-refractivity contribution in [3.63, 3.8) is 0 Å². The number of likely N-dealkylation sites (N-methyl/N-ethyl adjacent to an activating group) is 1. The van der Waals surface area contributed by atoms with Gasteiger partial charge in [-0.1, -0.05) is 19.9 Å². The Kier molecular flexibility index (Phi) is 7.69. The Morgan fingerprint density at radius 3 is 2.79 bits per heavy atom. The molecule has 2 heterocycles. The lowest BCUT2D eigenvalue weighted by Crippen LogP contribution is -2.33. The fraction of sp³-hybridized carbons (Fsp3) is 0.385. The van der Waals surface area contributed by atoms with Crippen molar-refractivity contribution in [1.29, 1.82) is 0 Å². The van der Waals surface area contributed by atoms with Crippen LogP contribution in [0.15, 0.2) is 48.8 Å². The van der Waals surface area contributed by atoms with Gasteiger partial charge in [-0.2, -0.15) is 5.10 Å². The van der Waals surface area contributed by atoms with E-state index in [4.69, 9.17) is 14.2 Å². The number of benzene rings is 2. The van der Waals surface area contributed by atoms with Gasteiger partial charge in [-0.3, -0.25) is 9.89 Å². The van der Waals surface area contributed by atoms with E-state index in [-0.39, 0.29) is 11.8 Å². The van der Waals surface area contributed by atoms with Gasteiger partial charge in [0.05, 0.1) is 24.9 Å². The Bertz CT molecular complexity index is 1100. The largest absolute Gasteiger partial charge is 0.497 e. The first-order valence-electron chi connectivity index (χ1n) is 11.7. The lowest BCUT2D eigenvalue weighted by Gasteiger charge is -2.25. The van der Waals surface area contributed by atoms with Gasteiger partial charge in [0, 0.05) is 18.3 Å². The quantitative estimate of drug-likeness (QED) is 0.472. The number of carbonyl (C=O) groups is 1. The molecule has 0 radical (unpaired) electrons. The molecule has 2 aromatic carbocycles. The number of aromatic nitrogens is 2. The van der Waals surface area contributed by atoms with Crippen molar-refractivity contribution < 1.29 is 19.0 Å². The molecule has 0 saturated carbocycles. The van der Waals surface area contributed by atoms with E-state index < -0.39 is 0 Å². The van der Waals surface area contributed by atoms with Crippen molar-refractivity contribution in [2.45, 2.75) is 20.3 Å². The number of fused-ring (bicyclic) bond motifs is 1. The summed E-state index contributed by atoms with van der Waals surface area (Å²) in [5.41, 5.74) is 3.54. The first kappa shape index (κ1) is 23.6. The lowest BCUT2D eigenvalue weighted by atomic mass is 9.95. The number of hydrogen-bond acceptors (Lipinski definition) is 6. The number of hydrogen-bond donors (Lipinski definition) is 2. The van der Waals surface area contributed by atoms with Crippen LogP contribution in [0.3, 0.4) is 0 Å². The number of carbonyl (C=O) groups excluding carboxylic acids is 1. The summed E-state index contributed by atoms with van der Waals surface area (Å²) in [6.45, 7) is 7.86. The SMILES string of the molecule is CCN(CC)CCOc1cc(-c2cn[nH]c2)ccc1NC(=O)[C@@H]1COc2ccc(OC)cc2C1. The van der Waals surface area contributed by atoms with Gasteiger partial charge in [-0.25, -0.2) is 0 Å². The summed E-state index contributed by atoms with van der Waals surface area (Å²) in [5, 5.41) is 9.94. The molecule has 1 atom stereocenters. The van der Waals surface area contributed by atoms with Crippen LogP contribution in [0.2, 0.25) is 0 Å². The van der Waals surface area contributed by atoms with E-state index in [1.165, 1.54) is 0 Å². The molecule has 0 aliphatic carbocycles. The van der Waals surface area contributed by atoms with Gasteiger partial charge in [-0.15, -0.1) is 0 Å². The van der Waals surface area contributed by atoms with Crippen LogP contribution in [0.1, 0.15) is 19.4 Å². The fourth-order valence-corrected chi connectivity index (χ4v) is 4.06. The minimum atomic E-state index is -0.309. The van der Waals surface area contributed by atoms with E-state index in [2.05, 4.69) is 34.3 Å². The van der Waals surface area contributed by atoms with Gasteiger partial charge in [0.25, 0.3) is 0 Å². The Morgan fingerprint density at radius 1 is 1.21 bits per heavy atom. The number of H-pyrrole nitrogens is 1. The monoisotopic (exact) mass is 464 g/mol. The maximum atomic E-state index is 13.2. The highest BCUT2D eigenvalue weighted by molar-refractivity contribution is 5.95. The summed E-state index contributed by atoms with van der Waals surface area (Å²) in [6.07, 6.45) is 4.18. The van der Waals surface area contributed by atoms with Crippen molar-refractivity contribution in [2.75, 3.05) is 45.3 Å². The number of nitrogens with one attached hydrogen (secondary N) is 2. The van der Waals surface area contributed by atoms with Crippen LogP contribution < -0.4 is 19.5 Å². The van der Waals surface area contributed by atoms with Crippen molar-refractivity contribution in [2.24, 2.45) is 5.92 Å². The number of methoxy groups -OCH3 is 1. The number of nitrogens with zero attached hydrogens (tertiary/aromatic N) is 2. The number of rotatable bonds is 10. The van der Waals surface area contributed by atoms with Gasteiger partial charge in [-0.05, 0) is 61.0 Å². The van der Waals surface area contributed by atoms with Crippen LogP contribution >= 0.6 is 0 Å². The van der Waals surface area contributed by atoms with E-state index in [1.807, 2.05) is 42.6 Å². The zero-order chi connectivity index (χ0) is 23.9. The molecule has 2 N–H and O–H groups in total. The standard InChI is InChI=1S/C26H32N4O4/c1-4-30(5-2)10-11-33-25-14-18(21-15-27-28-16-21)6-8-23(25)29-26(31)20-12-19-13-22(32-3)7-9-24(19)34-17-20/h6-9,13-16,20H,4-5,10-12,17H2,1-3H3,(H,27,28)(H,29,31)/t20-/m0/s1.